The van der Waals surface area contributed by atoms with Crippen LogP contribution in [0.5, 0.6) is 0 Å². The molecule has 14 rings (SSSR count). The third kappa shape index (κ3) is 10.1. The second-order valence-corrected chi connectivity index (χ2v) is 23.1. The molecule has 12 aromatic rings. The molecule has 2 heteroatoms. The van der Waals surface area contributed by atoms with Crippen LogP contribution in [0.2, 0.25) is 0 Å². The van der Waals surface area contributed by atoms with E-state index in [0.29, 0.717) is 0 Å². The van der Waals surface area contributed by atoms with E-state index in [1.165, 1.54) is 163 Å². The van der Waals surface area contributed by atoms with Gasteiger partial charge in [0.15, 0.2) is 0 Å². The molecule has 0 N–H and O–H groups in total. The normalized spacial score (nSPS) is 14.1. The molecule has 12 aromatic carbocycles. The molecule has 2 fully saturated rings. The summed E-state index contributed by atoms with van der Waals surface area (Å²) in [6.07, 6.45) is 26.7. The number of aryl methyl sites for hydroxylation is 2. The molecular weight excluding hydrogens is 989 g/mol. The van der Waals surface area contributed by atoms with Gasteiger partial charge >= 0.3 is 0 Å². The van der Waals surface area contributed by atoms with Crippen LogP contribution in [0.4, 0.5) is 34.1 Å². The minimum absolute atomic E-state index is 1.11. The fourth-order valence-corrected chi connectivity index (χ4v) is 13.2. The van der Waals surface area contributed by atoms with Crippen LogP contribution >= 0.6 is 0 Å². The predicted octanol–water partition coefficient (Wildman–Crippen LogP) is 23.5. The standard InChI is InChI=1S/C80H68N2/c1-55-23-43-65(44-24-55)81(66-47-39-59(40-48-66)29-27-57-31-35-63(36-32-57)53-61-13-5-3-6-14-61)76-52-51-71-69-19-11-22-75-79(69)78(74-21-12-20-73(76)77(71)74)70-17-9-10-18-72(70)80(75)82(67-45-25-56(2)26-46-67)68-49-41-60(42-50-68)30-28-58-33-37-64(38-34-58)54-62-15-7-4-8-16-62/h9-12,17-54H,3-8,13-16H2,1-2H3. The lowest BCUT2D eigenvalue weighted by Crippen LogP contribution is -2.12. The number of fused-ring (bicyclic) bond motifs is 4. The van der Waals surface area contributed by atoms with Crippen molar-refractivity contribution < 1.29 is 0 Å². The van der Waals surface area contributed by atoms with Gasteiger partial charge in [-0.2, -0.15) is 0 Å². The Balaban J connectivity index is 0.852. The molecule has 0 heterocycles. The molecule has 398 valence electrons. The van der Waals surface area contributed by atoms with E-state index < -0.39 is 0 Å². The molecule has 0 aromatic heterocycles. The first-order valence-corrected chi connectivity index (χ1v) is 29.9. The molecular formula is C80H68N2. The zero-order chi connectivity index (χ0) is 54.9. The van der Waals surface area contributed by atoms with Crippen molar-refractivity contribution in [3.63, 3.8) is 0 Å². The third-order valence-electron chi connectivity index (χ3n) is 17.5. The second kappa shape index (κ2) is 22.4. The molecule has 82 heavy (non-hydrogen) atoms. The van der Waals surface area contributed by atoms with Gasteiger partial charge in [0, 0.05) is 44.3 Å². The van der Waals surface area contributed by atoms with Gasteiger partial charge in [0.2, 0.25) is 0 Å². The Labute approximate surface area is 483 Å². The fraction of sp³-hybridized carbons (Fsp3) is 0.150. The lowest BCUT2D eigenvalue weighted by molar-refractivity contribution is 0.602. The number of hydrogen-bond donors (Lipinski definition) is 0. The van der Waals surface area contributed by atoms with Gasteiger partial charge in [-0.15, -0.1) is 0 Å². The number of hydrogen-bond acceptors (Lipinski definition) is 2. The molecule has 0 bridgehead atoms. The quantitative estimate of drug-likeness (QED) is 0.0683. The Bertz CT molecular complexity index is 4390. The van der Waals surface area contributed by atoms with Crippen LogP contribution in [0.25, 0.3) is 90.3 Å². The van der Waals surface area contributed by atoms with E-state index >= 15 is 0 Å². The second-order valence-electron chi connectivity index (χ2n) is 23.1. The Morgan fingerprint density at radius 2 is 0.622 bits per heavy atom. The number of allylic oxidation sites excluding steroid dienone is 2. The summed E-state index contributed by atoms with van der Waals surface area (Å²) in [7, 11) is 0. The van der Waals surface area contributed by atoms with E-state index in [0.717, 1.165) is 34.0 Å². The maximum Gasteiger partial charge on any atom is 0.0619 e. The highest BCUT2D eigenvalue weighted by molar-refractivity contribution is 6.41. The van der Waals surface area contributed by atoms with E-state index in [9.17, 15) is 0 Å². The fourth-order valence-electron chi connectivity index (χ4n) is 13.2. The van der Waals surface area contributed by atoms with Crippen molar-refractivity contribution in [3.8, 4) is 0 Å². The van der Waals surface area contributed by atoms with Crippen LogP contribution in [0.1, 0.15) is 109 Å². The molecule has 2 aliphatic rings. The van der Waals surface area contributed by atoms with Crippen LogP contribution in [0, 0.1) is 13.8 Å². The van der Waals surface area contributed by atoms with Crippen molar-refractivity contribution in [1.82, 2.24) is 0 Å². The van der Waals surface area contributed by atoms with Crippen LogP contribution < -0.4 is 9.80 Å². The number of rotatable bonds is 12. The highest BCUT2D eigenvalue weighted by Gasteiger charge is 2.26. The first kappa shape index (κ1) is 50.9. The summed E-state index contributed by atoms with van der Waals surface area (Å²) in [4.78, 5) is 4.94. The minimum atomic E-state index is 1.11. The Morgan fingerprint density at radius 3 is 1.12 bits per heavy atom. The summed E-state index contributed by atoms with van der Waals surface area (Å²) >= 11 is 0. The van der Waals surface area contributed by atoms with E-state index in [1.54, 1.807) is 11.1 Å². The highest BCUT2D eigenvalue weighted by atomic mass is 15.1. The van der Waals surface area contributed by atoms with E-state index in [2.05, 4.69) is 278 Å². The maximum atomic E-state index is 2.49. The summed E-state index contributed by atoms with van der Waals surface area (Å²) in [6.45, 7) is 4.34. The van der Waals surface area contributed by atoms with Crippen molar-refractivity contribution >= 4 is 124 Å². The Hall–Kier alpha value is -9.24. The summed E-state index contributed by atoms with van der Waals surface area (Å²) in [6, 6.07) is 82.0. The first-order valence-electron chi connectivity index (χ1n) is 29.9. The van der Waals surface area contributed by atoms with Crippen LogP contribution in [-0.2, 0) is 0 Å². The van der Waals surface area contributed by atoms with Crippen LogP contribution in [0.15, 0.2) is 230 Å². The van der Waals surface area contributed by atoms with Crippen molar-refractivity contribution in [2.45, 2.75) is 78.1 Å². The van der Waals surface area contributed by atoms with Crippen molar-refractivity contribution in [1.29, 1.82) is 0 Å². The minimum Gasteiger partial charge on any atom is -0.310 e. The van der Waals surface area contributed by atoms with Crippen molar-refractivity contribution in [2.24, 2.45) is 0 Å². The molecule has 0 amide bonds. The molecule has 0 aliphatic heterocycles. The average molecular weight is 1060 g/mol. The molecule has 2 saturated carbocycles. The lowest BCUT2D eigenvalue weighted by atomic mass is 9.85. The number of nitrogens with zero attached hydrogens (tertiary/aromatic N) is 2. The van der Waals surface area contributed by atoms with E-state index in [4.69, 9.17) is 0 Å². The first-order chi connectivity index (χ1) is 40.5. The number of benzene rings is 12. The molecule has 0 atom stereocenters. The zero-order valence-corrected chi connectivity index (χ0v) is 47.2. The lowest BCUT2D eigenvalue weighted by Gasteiger charge is -2.30. The topological polar surface area (TPSA) is 6.48 Å². The maximum absolute atomic E-state index is 2.49. The molecule has 2 aliphatic carbocycles. The Morgan fingerprint density at radius 1 is 0.268 bits per heavy atom. The van der Waals surface area contributed by atoms with E-state index in [1.807, 2.05) is 0 Å². The van der Waals surface area contributed by atoms with Gasteiger partial charge in [0.1, 0.15) is 0 Å². The SMILES string of the molecule is Cc1ccc(N(c2ccc(C=Cc3ccc(C=C4CCCCC4)cc3)cc2)c2ccc3c4cccc5c(N(c6ccc(C)cc6)c6ccc(C=Cc7ccc(C=C8CCCCC8)cc7)cc6)c6ccccc6c(c6cccc2c36)c54)cc1. The van der Waals surface area contributed by atoms with Crippen molar-refractivity contribution in [2.75, 3.05) is 9.80 Å². The van der Waals surface area contributed by atoms with Gasteiger partial charge in [-0.3, -0.25) is 0 Å². The molecule has 0 saturated heterocycles. The predicted molar refractivity (Wildman–Crippen MR) is 357 cm³/mol. The summed E-state index contributed by atoms with van der Waals surface area (Å²) in [5.41, 5.74) is 19.8. The Kier molecular flexibility index (Phi) is 13.9. The van der Waals surface area contributed by atoms with Crippen LogP contribution in [-0.4, -0.2) is 0 Å². The van der Waals surface area contributed by atoms with Gasteiger partial charge in [0.25, 0.3) is 0 Å². The molecule has 0 radical (unpaired) electrons. The average Bonchev–Trinajstić information content (AvgIpc) is 3.19. The summed E-state index contributed by atoms with van der Waals surface area (Å²) in [5, 5.41) is 12.5. The summed E-state index contributed by atoms with van der Waals surface area (Å²) < 4.78 is 0. The van der Waals surface area contributed by atoms with Gasteiger partial charge in [-0.1, -0.05) is 235 Å². The van der Waals surface area contributed by atoms with Crippen LogP contribution in [0.3, 0.4) is 0 Å². The third-order valence-corrected chi connectivity index (χ3v) is 17.5. The van der Waals surface area contributed by atoms with E-state index in [-0.39, 0.29) is 0 Å². The smallest absolute Gasteiger partial charge is 0.0619 e. The molecule has 0 spiro atoms. The molecule has 0 unspecified atom stereocenters. The van der Waals surface area contributed by atoms with Crippen molar-refractivity contribution in [3.05, 3.63) is 274 Å². The van der Waals surface area contributed by atoms with Gasteiger partial charge in [-0.25, -0.2) is 0 Å². The number of anilines is 6. The van der Waals surface area contributed by atoms with Gasteiger partial charge < -0.3 is 9.80 Å². The summed E-state index contributed by atoms with van der Waals surface area (Å²) in [5.74, 6) is 0. The zero-order valence-electron chi connectivity index (χ0n) is 47.2. The van der Waals surface area contributed by atoms with Gasteiger partial charge in [-0.05, 0) is 186 Å². The highest BCUT2D eigenvalue weighted by Crippen LogP contribution is 2.52. The monoisotopic (exact) mass is 1060 g/mol. The largest absolute Gasteiger partial charge is 0.310 e. The molecule has 2 nitrogen and oxygen atoms in total. The van der Waals surface area contributed by atoms with Gasteiger partial charge in [0.05, 0.1) is 11.4 Å².